The van der Waals surface area contributed by atoms with Gasteiger partial charge in [0.25, 0.3) is 5.79 Å². The molecule has 0 radical (unpaired) electrons. The van der Waals surface area contributed by atoms with Crippen molar-refractivity contribution >= 4 is 23.8 Å². The standard InChI is InChI=1S/C15H15NO4/c1-15(2)19-13(17)12(14(18)20-15)9-6-10-16-11-7-4-3-5-8-11/h3-5,7-10H,6H2,1-2H3. The number of ether oxygens (including phenoxy) is 2. The molecule has 0 saturated carbocycles. The van der Waals surface area contributed by atoms with Gasteiger partial charge in [0.1, 0.15) is 5.57 Å². The summed E-state index contributed by atoms with van der Waals surface area (Å²) in [7, 11) is 0. The lowest BCUT2D eigenvalue weighted by molar-refractivity contribution is -0.222. The average Bonchev–Trinajstić information content (AvgIpc) is 2.37. The molecule has 0 N–H and O–H groups in total. The third-order valence-corrected chi connectivity index (χ3v) is 2.54. The van der Waals surface area contributed by atoms with Crippen LogP contribution < -0.4 is 0 Å². The van der Waals surface area contributed by atoms with E-state index in [9.17, 15) is 9.59 Å². The second-order valence-corrected chi connectivity index (χ2v) is 4.68. The fraction of sp³-hybridized carbons (Fsp3) is 0.267. The minimum Gasteiger partial charge on any atom is -0.419 e. The molecule has 1 aliphatic rings. The Hall–Kier alpha value is -2.43. The topological polar surface area (TPSA) is 65.0 Å². The quantitative estimate of drug-likeness (QED) is 0.367. The van der Waals surface area contributed by atoms with Gasteiger partial charge in [0.05, 0.1) is 5.69 Å². The molecular formula is C15H15NO4. The van der Waals surface area contributed by atoms with Crippen LogP contribution >= 0.6 is 0 Å². The second kappa shape index (κ2) is 5.69. The van der Waals surface area contributed by atoms with Gasteiger partial charge in [0.15, 0.2) is 0 Å². The number of rotatable bonds is 3. The van der Waals surface area contributed by atoms with Gasteiger partial charge in [-0.25, -0.2) is 9.59 Å². The molecule has 2 rings (SSSR count). The number of cyclic esters (lactones) is 2. The number of carbonyl (C=O) groups excluding carboxylic acids is 2. The van der Waals surface area contributed by atoms with Crippen molar-refractivity contribution in [1.29, 1.82) is 0 Å². The van der Waals surface area contributed by atoms with Gasteiger partial charge in [0, 0.05) is 26.5 Å². The monoisotopic (exact) mass is 273 g/mol. The third kappa shape index (κ3) is 3.54. The number of para-hydroxylation sites is 1. The van der Waals surface area contributed by atoms with E-state index in [1.807, 2.05) is 30.3 Å². The molecule has 104 valence electrons. The maximum absolute atomic E-state index is 11.6. The summed E-state index contributed by atoms with van der Waals surface area (Å²) in [4.78, 5) is 27.5. The van der Waals surface area contributed by atoms with Crippen molar-refractivity contribution in [2.75, 3.05) is 0 Å². The van der Waals surface area contributed by atoms with Gasteiger partial charge >= 0.3 is 11.9 Å². The van der Waals surface area contributed by atoms with Crippen LogP contribution in [0.2, 0.25) is 0 Å². The first-order valence-corrected chi connectivity index (χ1v) is 6.22. The molecule has 20 heavy (non-hydrogen) atoms. The molecular weight excluding hydrogens is 258 g/mol. The number of benzene rings is 1. The molecule has 0 unspecified atom stereocenters. The van der Waals surface area contributed by atoms with Crippen molar-refractivity contribution in [2.45, 2.75) is 26.1 Å². The summed E-state index contributed by atoms with van der Waals surface area (Å²) in [6.45, 7) is 3.02. The van der Waals surface area contributed by atoms with Crippen molar-refractivity contribution in [3.63, 3.8) is 0 Å². The molecule has 1 heterocycles. The van der Waals surface area contributed by atoms with E-state index >= 15 is 0 Å². The first kappa shape index (κ1) is 14.0. The van der Waals surface area contributed by atoms with E-state index in [-0.39, 0.29) is 5.57 Å². The van der Waals surface area contributed by atoms with E-state index in [1.54, 1.807) is 6.21 Å². The van der Waals surface area contributed by atoms with Crippen LogP contribution in [-0.2, 0) is 19.1 Å². The van der Waals surface area contributed by atoms with Crippen molar-refractivity contribution in [2.24, 2.45) is 4.99 Å². The van der Waals surface area contributed by atoms with Crippen LogP contribution in [0.15, 0.2) is 47.0 Å². The van der Waals surface area contributed by atoms with Gasteiger partial charge < -0.3 is 9.47 Å². The SMILES string of the molecule is CC1(C)OC(=O)C(=CCC=Nc2ccccc2)C(=O)O1. The van der Waals surface area contributed by atoms with Gasteiger partial charge in [-0.1, -0.05) is 24.3 Å². The smallest absolute Gasteiger partial charge is 0.348 e. The van der Waals surface area contributed by atoms with Gasteiger partial charge in [0.2, 0.25) is 0 Å². The van der Waals surface area contributed by atoms with E-state index < -0.39 is 17.7 Å². The summed E-state index contributed by atoms with van der Waals surface area (Å²) in [6.07, 6.45) is 3.41. The number of hydrogen-bond acceptors (Lipinski definition) is 5. The van der Waals surface area contributed by atoms with Crippen LogP contribution in [0.25, 0.3) is 0 Å². The predicted octanol–water partition coefficient (Wildman–Crippen LogP) is 2.54. The van der Waals surface area contributed by atoms with Gasteiger partial charge in [-0.15, -0.1) is 0 Å². The Kier molecular flexibility index (Phi) is 3.98. The highest BCUT2D eigenvalue weighted by Gasteiger charge is 2.38. The highest BCUT2D eigenvalue weighted by Crippen LogP contribution is 2.22. The fourth-order valence-corrected chi connectivity index (χ4v) is 1.67. The van der Waals surface area contributed by atoms with Crippen LogP contribution in [0.3, 0.4) is 0 Å². The van der Waals surface area contributed by atoms with Crippen molar-refractivity contribution < 1.29 is 19.1 Å². The lowest BCUT2D eigenvalue weighted by Gasteiger charge is -2.29. The highest BCUT2D eigenvalue weighted by molar-refractivity contribution is 6.15. The molecule has 0 spiro atoms. The fourth-order valence-electron chi connectivity index (χ4n) is 1.67. The Morgan fingerprint density at radius 3 is 2.30 bits per heavy atom. The molecule has 0 atom stereocenters. The summed E-state index contributed by atoms with van der Waals surface area (Å²) in [5.74, 6) is -2.54. The van der Waals surface area contributed by atoms with Crippen LogP contribution in [0.1, 0.15) is 20.3 Å². The van der Waals surface area contributed by atoms with Crippen molar-refractivity contribution in [3.8, 4) is 0 Å². The van der Waals surface area contributed by atoms with Gasteiger partial charge in [-0.3, -0.25) is 4.99 Å². The first-order chi connectivity index (χ1) is 9.48. The first-order valence-electron chi connectivity index (χ1n) is 6.22. The van der Waals surface area contributed by atoms with Crippen molar-refractivity contribution in [3.05, 3.63) is 42.0 Å². The lowest BCUT2D eigenvalue weighted by Crippen LogP contribution is -2.41. The second-order valence-electron chi connectivity index (χ2n) is 4.68. The molecule has 0 amide bonds. The molecule has 5 heteroatoms. The van der Waals surface area contributed by atoms with Crippen LogP contribution in [-0.4, -0.2) is 23.9 Å². The Morgan fingerprint density at radius 1 is 1.10 bits per heavy atom. The van der Waals surface area contributed by atoms with Crippen molar-refractivity contribution in [1.82, 2.24) is 0 Å². The molecule has 1 saturated heterocycles. The Morgan fingerprint density at radius 2 is 1.70 bits per heavy atom. The zero-order valence-corrected chi connectivity index (χ0v) is 11.3. The molecule has 0 aromatic heterocycles. The normalized spacial score (nSPS) is 17.8. The Balaban J connectivity index is 2.00. The number of esters is 2. The van der Waals surface area contributed by atoms with E-state index in [2.05, 4.69) is 4.99 Å². The number of nitrogens with zero attached hydrogens (tertiary/aromatic N) is 1. The molecule has 1 aromatic carbocycles. The van der Waals surface area contributed by atoms with E-state index in [4.69, 9.17) is 9.47 Å². The van der Waals surface area contributed by atoms with Gasteiger partial charge in [-0.2, -0.15) is 0 Å². The lowest BCUT2D eigenvalue weighted by atomic mass is 10.2. The van der Waals surface area contributed by atoms with E-state index in [0.29, 0.717) is 6.42 Å². The summed E-state index contributed by atoms with van der Waals surface area (Å²) in [5, 5.41) is 0. The van der Waals surface area contributed by atoms with Crippen LogP contribution in [0, 0.1) is 0 Å². The zero-order chi connectivity index (χ0) is 14.6. The molecule has 1 fully saturated rings. The molecule has 0 aliphatic carbocycles. The molecule has 0 bridgehead atoms. The zero-order valence-electron chi connectivity index (χ0n) is 11.3. The van der Waals surface area contributed by atoms with Crippen LogP contribution in [0.5, 0.6) is 0 Å². The largest absolute Gasteiger partial charge is 0.419 e. The summed E-state index contributed by atoms with van der Waals surface area (Å²) in [5.41, 5.74) is 0.713. The predicted molar refractivity (Wildman–Crippen MR) is 73.6 cm³/mol. The van der Waals surface area contributed by atoms with E-state index in [0.717, 1.165) is 5.69 Å². The summed E-state index contributed by atoms with van der Waals surface area (Å²) in [6, 6.07) is 9.37. The summed E-state index contributed by atoms with van der Waals surface area (Å²) < 4.78 is 9.95. The van der Waals surface area contributed by atoms with Crippen LogP contribution in [0.4, 0.5) is 5.69 Å². The van der Waals surface area contributed by atoms with Gasteiger partial charge in [-0.05, 0) is 12.1 Å². The highest BCUT2D eigenvalue weighted by atomic mass is 16.7. The maximum atomic E-state index is 11.6. The number of carbonyl (C=O) groups is 2. The number of allylic oxidation sites excluding steroid dienone is 1. The third-order valence-electron chi connectivity index (χ3n) is 2.54. The Labute approximate surface area is 116 Å². The average molecular weight is 273 g/mol. The molecule has 1 aliphatic heterocycles. The number of hydrogen-bond donors (Lipinski definition) is 0. The minimum atomic E-state index is -1.20. The molecule has 1 aromatic rings. The molecule has 5 nitrogen and oxygen atoms in total. The minimum absolute atomic E-state index is 0.0937. The Bertz CT molecular complexity index is 551. The maximum Gasteiger partial charge on any atom is 0.348 e. The van der Waals surface area contributed by atoms with E-state index in [1.165, 1.54) is 19.9 Å². The number of aliphatic imine (C=N–C) groups is 1. The summed E-state index contributed by atoms with van der Waals surface area (Å²) >= 11 is 0.